The molecule has 8 heteroatoms. The van der Waals surface area contributed by atoms with Crippen molar-refractivity contribution >= 4 is 27.7 Å². The minimum atomic E-state index is -0.730. The Morgan fingerprint density at radius 1 is 1.12 bits per heavy atom. The van der Waals surface area contributed by atoms with Gasteiger partial charge in [-0.25, -0.2) is 4.98 Å². The van der Waals surface area contributed by atoms with Crippen LogP contribution in [0.4, 0.5) is 0 Å². The summed E-state index contributed by atoms with van der Waals surface area (Å²) in [5.74, 6) is -0.745. The van der Waals surface area contributed by atoms with Gasteiger partial charge in [-0.3, -0.25) is 25.2 Å². The largest absolute Gasteiger partial charge is 0.309 e. The molecule has 2 aromatic rings. The van der Waals surface area contributed by atoms with E-state index in [1.807, 2.05) is 20.8 Å². The number of rotatable bonds is 2. The number of amides is 2. The molecule has 7 nitrogen and oxygen atoms in total. The maximum Gasteiger partial charge on any atom is 0.277 e. The van der Waals surface area contributed by atoms with Gasteiger partial charge in [-0.15, -0.1) is 0 Å². The number of nitrogens with one attached hydrogen (secondary N) is 3. The second-order valence-corrected chi connectivity index (χ2v) is 7.37. The summed E-state index contributed by atoms with van der Waals surface area (Å²) in [6, 6.07) is 6.78. The van der Waals surface area contributed by atoms with Crippen LogP contribution in [-0.2, 0) is 5.41 Å². The third-order valence-electron chi connectivity index (χ3n) is 3.45. The van der Waals surface area contributed by atoms with Crippen molar-refractivity contribution in [2.24, 2.45) is 0 Å². The van der Waals surface area contributed by atoms with Crippen LogP contribution in [0.2, 0.25) is 0 Å². The number of aryl methyl sites for hydroxylation is 1. The van der Waals surface area contributed by atoms with Crippen molar-refractivity contribution < 1.29 is 9.59 Å². The van der Waals surface area contributed by atoms with Crippen LogP contribution >= 0.6 is 15.9 Å². The van der Waals surface area contributed by atoms with E-state index in [9.17, 15) is 14.4 Å². The first kappa shape index (κ1) is 18.9. The van der Waals surface area contributed by atoms with Gasteiger partial charge in [0.1, 0.15) is 11.4 Å². The van der Waals surface area contributed by atoms with Gasteiger partial charge in [-0.2, -0.15) is 0 Å². The predicted molar refractivity (Wildman–Crippen MR) is 97.4 cm³/mol. The Balaban J connectivity index is 2.18. The number of aromatic nitrogens is 2. The molecule has 1 aromatic heterocycles. The molecule has 0 aliphatic rings. The minimum absolute atomic E-state index is 0.138. The van der Waals surface area contributed by atoms with Crippen LogP contribution in [0.25, 0.3) is 0 Å². The Morgan fingerprint density at radius 3 is 2.28 bits per heavy atom. The highest BCUT2D eigenvalue weighted by molar-refractivity contribution is 9.10. The van der Waals surface area contributed by atoms with E-state index < -0.39 is 17.4 Å². The van der Waals surface area contributed by atoms with Crippen molar-refractivity contribution in [3.8, 4) is 0 Å². The van der Waals surface area contributed by atoms with E-state index in [1.54, 1.807) is 31.2 Å². The van der Waals surface area contributed by atoms with Crippen LogP contribution in [0, 0.1) is 6.92 Å². The SMILES string of the molecule is Cc1nc(C(C)(C)C)[nH]c(=O)c1C(=O)NNC(=O)c1ccccc1Br. The van der Waals surface area contributed by atoms with Crippen LogP contribution < -0.4 is 16.4 Å². The van der Waals surface area contributed by atoms with Crippen LogP contribution in [0.15, 0.2) is 33.5 Å². The molecule has 2 rings (SSSR count). The molecule has 0 bridgehead atoms. The van der Waals surface area contributed by atoms with Gasteiger partial charge < -0.3 is 4.98 Å². The fraction of sp³-hybridized carbons (Fsp3) is 0.294. The highest BCUT2D eigenvalue weighted by atomic mass is 79.9. The second kappa shape index (κ2) is 7.18. The van der Waals surface area contributed by atoms with E-state index in [2.05, 4.69) is 36.7 Å². The lowest BCUT2D eigenvalue weighted by Crippen LogP contribution is -2.44. The minimum Gasteiger partial charge on any atom is -0.309 e. The monoisotopic (exact) mass is 406 g/mol. The van der Waals surface area contributed by atoms with E-state index in [0.717, 1.165) is 0 Å². The lowest BCUT2D eigenvalue weighted by molar-refractivity contribution is 0.0844. The number of hydrazine groups is 1. The molecule has 132 valence electrons. The Hall–Kier alpha value is -2.48. The van der Waals surface area contributed by atoms with Gasteiger partial charge in [-0.05, 0) is 35.0 Å². The van der Waals surface area contributed by atoms with Gasteiger partial charge >= 0.3 is 0 Å². The molecule has 25 heavy (non-hydrogen) atoms. The first-order valence-electron chi connectivity index (χ1n) is 7.58. The Kier molecular flexibility index (Phi) is 5.42. The number of hydrogen-bond donors (Lipinski definition) is 3. The average Bonchev–Trinajstić information content (AvgIpc) is 2.51. The maximum atomic E-state index is 12.3. The second-order valence-electron chi connectivity index (χ2n) is 6.51. The zero-order chi connectivity index (χ0) is 18.8. The smallest absolute Gasteiger partial charge is 0.277 e. The summed E-state index contributed by atoms with van der Waals surface area (Å²) < 4.78 is 0.590. The molecule has 0 fully saturated rings. The van der Waals surface area contributed by atoms with Gasteiger partial charge in [0.2, 0.25) is 0 Å². The third-order valence-corrected chi connectivity index (χ3v) is 4.14. The molecular formula is C17H19BrN4O3. The predicted octanol–water partition coefficient (Wildman–Crippen LogP) is 2.21. The summed E-state index contributed by atoms with van der Waals surface area (Å²) in [4.78, 5) is 43.5. The number of halogens is 1. The van der Waals surface area contributed by atoms with E-state index in [1.165, 1.54) is 0 Å². The van der Waals surface area contributed by atoms with Crippen LogP contribution in [-0.4, -0.2) is 21.8 Å². The molecule has 0 atom stereocenters. The molecule has 0 spiro atoms. The molecule has 0 aliphatic carbocycles. The average molecular weight is 407 g/mol. The van der Waals surface area contributed by atoms with Gasteiger partial charge in [-0.1, -0.05) is 32.9 Å². The van der Waals surface area contributed by atoms with Crippen molar-refractivity contribution in [3.05, 3.63) is 61.7 Å². The fourth-order valence-corrected chi connectivity index (χ4v) is 2.56. The molecule has 0 saturated heterocycles. The molecular weight excluding hydrogens is 388 g/mol. The van der Waals surface area contributed by atoms with Crippen LogP contribution in [0.1, 0.15) is 53.0 Å². The number of carbonyl (C=O) groups is 2. The lowest BCUT2D eigenvalue weighted by Gasteiger charge is -2.18. The van der Waals surface area contributed by atoms with E-state index in [4.69, 9.17) is 0 Å². The Morgan fingerprint density at radius 2 is 1.72 bits per heavy atom. The Bertz CT molecular complexity index is 884. The zero-order valence-corrected chi connectivity index (χ0v) is 15.9. The molecule has 3 N–H and O–H groups in total. The zero-order valence-electron chi connectivity index (χ0n) is 14.4. The summed E-state index contributed by atoms with van der Waals surface area (Å²) in [7, 11) is 0. The highest BCUT2D eigenvalue weighted by Gasteiger charge is 2.22. The number of hydrogen-bond acceptors (Lipinski definition) is 4. The summed E-state index contributed by atoms with van der Waals surface area (Å²) in [5.41, 5.74) is 4.14. The summed E-state index contributed by atoms with van der Waals surface area (Å²) in [5, 5.41) is 0. The highest BCUT2D eigenvalue weighted by Crippen LogP contribution is 2.17. The maximum absolute atomic E-state index is 12.3. The molecule has 0 unspecified atom stereocenters. The molecule has 0 aliphatic heterocycles. The van der Waals surface area contributed by atoms with E-state index in [0.29, 0.717) is 21.6 Å². The van der Waals surface area contributed by atoms with E-state index >= 15 is 0 Å². The summed E-state index contributed by atoms with van der Waals surface area (Å²) >= 11 is 3.26. The molecule has 1 aromatic carbocycles. The quantitative estimate of drug-likeness (QED) is 0.664. The van der Waals surface area contributed by atoms with Crippen LogP contribution in [0.5, 0.6) is 0 Å². The van der Waals surface area contributed by atoms with Crippen LogP contribution in [0.3, 0.4) is 0 Å². The fourth-order valence-electron chi connectivity index (χ4n) is 2.10. The number of H-pyrrole nitrogens is 1. The first-order chi connectivity index (χ1) is 11.6. The first-order valence-corrected chi connectivity index (χ1v) is 8.37. The standard InChI is InChI=1S/C17H19BrN4O3/c1-9-12(14(24)20-16(19-9)17(2,3)4)15(25)22-21-13(23)10-7-5-6-8-11(10)18/h5-8H,1-4H3,(H,21,23)(H,22,25)(H,19,20,24). The Labute approximate surface area is 153 Å². The van der Waals surface area contributed by atoms with Crippen molar-refractivity contribution in [2.45, 2.75) is 33.1 Å². The van der Waals surface area contributed by atoms with Crippen molar-refractivity contribution in [1.82, 2.24) is 20.8 Å². The normalized spacial score (nSPS) is 11.1. The third kappa shape index (κ3) is 4.33. The van der Waals surface area contributed by atoms with Crippen molar-refractivity contribution in [3.63, 3.8) is 0 Å². The van der Waals surface area contributed by atoms with Gasteiger partial charge in [0, 0.05) is 9.89 Å². The number of aromatic amines is 1. The lowest BCUT2D eigenvalue weighted by atomic mass is 9.95. The summed E-state index contributed by atoms with van der Waals surface area (Å²) in [6.07, 6.45) is 0. The number of carbonyl (C=O) groups excluding carboxylic acids is 2. The van der Waals surface area contributed by atoms with E-state index in [-0.39, 0.29) is 11.0 Å². The van der Waals surface area contributed by atoms with Crippen molar-refractivity contribution in [1.29, 1.82) is 0 Å². The molecule has 1 heterocycles. The number of nitrogens with zero attached hydrogens (tertiary/aromatic N) is 1. The van der Waals surface area contributed by atoms with Crippen molar-refractivity contribution in [2.75, 3.05) is 0 Å². The molecule has 2 amide bonds. The number of benzene rings is 1. The molecule has 0 radical (unpaired) electrons. The van der Waals surface area contributed by atoms with Gasteiger partial charge in [0.05, 0.1) is 11.3 Å². The van der Waals surface area contributed by atoms with Gasteiger partial charge in [0.25, 0.3) is 17.4 Å². The molecule has 0 saturated carbocycles. The topological polar surface area (TPSA) is 104 Å². The summed E-state index contributed by atoms with van der Waals surface area (Å²) in [6.45, 7) is 7.29. The van der Waals surface area contributed by atoms with Gasteiger partial charge in [0.15, 0.2) is 0 Å².